The van der Waals surface area contributed by atoms with Crippen LogP contribution in [0.25, 0.3) is 0 Å². The fraction of sp³-hybridized carbons (Fsp3) is 0.412. The first-order valence-corrected chi connectivity index (χ1v) is 7.39. The highest BCUT2D eigenvalue weighted by Gasteiger charge is 2.44. The fourth-order valence-corrected chi connectivity index (χ4v) is 2.52. The Labute approximate surface area is 124 Å². The van der Waals surface area contributed by atoms with E-state index in [4.69, 9.17) is 0 Å². The van der Waals surface area contributed by atoms with Crippen LogP contribution in [0.2, 0.25) is 0 Å². The number of hydrogen-bond acceptors (Lipinski definition) is 3. The second-order valence-electron chi connectivity index (χ2n) is 6.17. The van der Waals surface area contributed by atoms with E-state index < -0.39 is 0 Å². The maximum Gasteiger partial charge on any atom is 0.152 e. The lowest BCUT2D eigenvalue weighted by molar-refractivity contribution is 0.625. The summed E-state index contributed by atoms with van der Waals surface area (Å²) in [5.41, 5.74) is 3.11. The molecule has 1 N–H and O–H groups in total. The molecule has 1 saturated carbocycles. The van der Waals surface area contributed by atoms with Gasteiger partial charge >= 0.3 is 0 Å². The lowest BCUT2D eigenvalue weighted by Crippen LogP contribution is -2.20. The van der Waals surface area contributed by atoms with Crippen LogP contribution in [-0.4, -0.2) is 10.2 Å². The zero-order valence-electron chi connectivity index (χ0n) is 12.7. The van der Waals surface area contributed by atoms with Crippen LogP contribution in [0.5, 0.6) is 0 Å². The quantitative estimate of drug-likeness (QED) is 0.917. The van der Waals surface area contributed by atoms with Crippen molar-refractivity contribution >= 4 is 5.82 Å². The topological polar surface area (TPSA) is 37.8 Å². The molecule has 0 atom stereocenters. The van der Waals surface area contributed by atoms with Crippen molar-refractivity contribution in [2.75, 3.05) is 5.32 Å². The van der Waals surface area contributed by atoms with Crippen molar-refractivity contribution in [3.05, 3.63) is 53.0 Å². The largest absolute Gasteiger partial charge is 0.359 e. The molecule has 1 aliphatic carbocycles. The van der Waals surface area contributed by atoms with E-state index in [9.17, 15) is 4.39 Å². The van der Waals surface area contributed by atoms with Crippen LogP contribution in [0, 0.1) is 12.7 Å². The number of halogens is 1. The Bertz CT molecular complexity index is 646. The molecule has 1 aromatic carbocycles. The molecule has 0 bridgehead atoms. The van der Waals surface area contributed by atoms with Crippen molar-refractivity contribution in [2.24, 2.45) is 0 Å². The first-order valence-electron chi connectivity index (χ1n) is 7.39. The molecule has 0 saturated heterocycles. The molecular weight excluding hydrogens is 265 g/mol. The highest BCUT2D eigenvalue weighted by molar-refractivity contribution is 5.50. The minimum Gasteiger partial charge on any atom is -0.359 e. The van der Waals surface area contributed by atoms with Crippen molar-refractivity contribution < 1.29 is 4.39 Å². The van der Waals surface area contributed by atoms with Gasteiger partial charge in [-0.15, -0.1) is 5.10 Å². The van der Waals surface area contributed by atoms with Crippen molar-refractivity contribution in [2.45, 2.75) is 45.1 Å². The van der Waals surface area contributed by atoms with Gasteiger partial charge in [0.2, 0.25) is 0 Å². The molecule has 3 nitrogen and oxygen atoms in total. The number of nitrogens with one attached hydrogen (secondary N) is 1. The molecule has 2 aromatic rings. The Hall–Kier alpha value is -1.97. The summed E-state index contributed by atoms with van der Waals surface area (Å²) >= 11 is 0. The summed E-state index contributed by atoms with van der Waals surface area (Å²) in [6.45, 7) is 6.26. The minimum atomic E-state index is -0.202. The monoisotopic (exact) mass is 285 g/mol. The Morgan fingerprint density at radius 2 is 1.81 bits per heavy atom. The van der Waals surface area contributed by atoms with Crippen LogP contribution in [0.1, 0.15) is 49.4 Å². The number of anilines is 1. The van der Waals surface area contributed by atoms with Crippen molar-refractivity contribution in [1.29, 1.82) is 0 Å². The smallest absolute Gasteiger partial charge is 0.152 e. The van der Waals surface area contributed by atoms with Crippen LogP contribution in [0.4, 0.5) is 10.2 Å². The summed E-state index contributed by atoms with van der Waals surface area (Å²) in [5, 5.41) is 12.1. The van der Waals surface area contributed by atoms with Crippen LogP contribution in [0.15, 0.2) is 30.3 Å². The van der Waals surface area contributed by atoms with E-state index in [0.717, 1.165) is 35.5 Å². The molecule has 110 valence electrons. The molecule has 1 heterocycles. The Morgan fingerprint density at radius 3 is 2.33 bits per heavy atom. The second-order valence-corrected chi connectivity index (χ2v) is 6.17. The van der Waals surface area contributed by atoms with E-state index in [2.05, 4.69) is 35.4 Å². The van der Waals surface area contributed by atoms with Gasteiger partial charge in [0.05, 0.1) is 11.2 Å². The van der Waals surface area contributed by atoms with Gasteiger partial charge in [-0.25, -0.2) is 4.39 Å². The molecule has 1 aromatic heterocycles. The fourth-order valence-electron chi connectivity index (χ4n) is 2.52. The summed E-state index contributed by atoms with van der Waals surface area (Å²) in [6, 6.07) is 8.80. The lowest BCUT2D eigenvalue weighted by Gasteiger charge is -2.20. The van der Waals surface area contributed by atoms with Crippen LogP contribution < -0.4 is 5.32 Å². The van der Waals surface area contributed by atoms with Gasteiger partial charge in [0.15, 0.2) is 5.82 Å². The number of benzene rings is 1. The lowest BCUT2D eigenvalue weighted by atomic mass is 10.0. The highest BCUT2D eigenvalue weighted by Crippen LogP contribution is 2.48. The second kappa shape index (κ2) is 5.10. The number of nitrogens with zero attached hydrogens (tertiary/aromatic N) is 2. The van der Waals surface area contributed by atoms with Gasteiger partial charge in [-0.05, 0) is 55.0 Å². The molecule has 0 amide bonds. The number of rotatable bonds is 4. The molecule has 0 spiro atoms. The zero-order chi connectivity index (χ0) is 15.0. The van der Waals surface area contributed by atoms with Crippen LogP contribution >= 0.6 is 0 Å². The van der Waals surface area contributed by atoms with E-state index in [1.807, 2.05) is 19.1 Å². The third-order valence-electron chi connectivity index (χ3n) is 4.10. The summed E-state index contributed by atoms with van der Waals surface area (Å²) < 4.78 is 13.1. The van der Waals surface area contributed by atoms with Gasteiger partial charge < -0.3 is 5.32 Å². The first kappa shape index (κ1) is 14.0. The predicted molar refractivity (Wildman–Crippen MR) is 81.8 cm³/mol. The number of hydrogen-bond donors (Lipinski definition) is 1. The van der Waals surface area contributed by atoms with Gasteiger partial charge in [-0.3, -0.25) is 0 Å². The highest BCUT2D eigenvalue weighted by atomic mass is 19.1. The predicted octanol–water partition coefficient (Wildman–Crippen LogP) is 4.15. The summed E-state index contributed by atoms with van der Waals surface area (Å²) in [6.07, 6.45) is 2.07. The van der Waals surface area contributed by atoms with E-state index in [-0.39, 0.29) is 11.4 Å². The molecule has 0 radical (unpaired) electrons. The molecule has 1 fully saturated rings. The van der Waals surface area contributed by atoms with Crippen molar-refractivity contribution in [3.63, 3.8) is 0 Å². The third-order valence-corrected chi connectivity index (χ3v) is 4.10. The van der Waals surface area contributed by atoms with E-state index in [1.54, 1.807) is 0 Å². The van der Waals surface area contributed by atoms with Gasteiger partial charge in [0.25, 0.3) is 0 Å². The molecule has 21 heavy (non-hydrogen) atoms. The summed E-state index contributed by atoms with van der Waals surface area (Å²) in [5.74, 6) is 0.991. The normalized spacial score (nSPS) is 16.0. The van der Waals surface area contributed by atoms with E-state index in [1.165, 1.54) is 12.1 Å². The average molecular weight is 285 g/mol. The van der Waals surface area contributed by atoms with Crippen molar-refractivity contribution in [1.82, 2.24) is 10.2 Å². The van der Waals surface area contributed by atoms with Crippen molar-refractivity contribution in [3.8, 4) is 0 Å². The molecule has 3 rings (SSSR count). The van der Waals surface area contributed by atoms with Gasteiger partial charge in [0.1, 0.15) is 5.82 Å². The van der Waals surface area contributed by atoms with Crippen LogP contribution in [0.3, 0.4) is 0 Å². The zero-order valence-corrected chi connectivity index (χ0v) is 12.7. The molecule has 4 heteroatoms. The molecular formula is C17H20FN3. The number of aromatic nitrogens is 2. The summed E-state index contributed by atoms with van der Waals surface area (Å²) in [4.78, 5) is 0. The Morgan fingerprint density at radius 1 is 1.14 bits per heavy atom. The molecule has 0 unspecified atom stereocenters. The van der Waals surface area contributed by atoms with E-state index in [0.29, 0.717) is 5.92 Å². The van der Waals surface area contributed by atoms with Gasteiger partial charge in [-0.2, -0.15) is 5.10 Å². The van der Waals surface area contributed by atoms with Gasteiger partial charge in [-0.1, -0.05) is 26.0 Å². The number of aryl methyl sites for hydroxylation is 1. The SMILES string of the molecule is Cc1cc(C(C)C)nnc1NC1(c2ccc(F)cc2)CC1. The molecule has 1 aliphatic rings. The minimum absolute atomic E-state index is 0.105. The van der Waals surface area contributed by atoms with Gasteiger partial charge in [0, 0.05) is 0 Å². The molecule has 0 aliphatic heterocycles. The maximum atomic E-state index is 13.1. The third kappa shape index (κ3) is 2.75. The Kier molecular flexibility index (Phi) is 3.40. The van der Waals surface area contributed by atoms with E-state index >= 15 is 0 Å². The maximum absolute atomic E-state index is 13.1. The average Bonchev–Trinajstić information content (AvgIpc) is 3.22. The Balaban J connectivity index is 1.85. The first-order chi connectivity index (χ1) is 10.00. The summed E-state index contributed by atoms with van der Waals surface area (Å²) in [7, 11) is 0. The standard InChI is InChI=1S/C17H20FN3/c1-11(2)15-10-12(3)16(21-20-15)19-17(8-9-17)13-4-6-14(18)7-5-13/h4-7,10-11H,8-9H2,1-3H3,(H,19,21). The van der Waals surface area contributed by atoms with Crippen LogP contribution in [-0.2, 0) is 5.54 Å².